The van der Waals surface area contributed by atoms with E-state index >= 15 is 0 Å². The van der Waals surface area contributed by atoms with Crippen LogP contribution in [-0.4, -0.2) is 44.3 Å². The van der Waals surface area contributed by atoms with E-state index in [-0.39, 0.29) is 22.3 Å². The molecule has 2 amide bonds. The number of sulfone groups is 1. The molecule has 2 rings (SSSR count). The first-order valence-corrected chi connectivity index (χ1v) is 10.8. The van der Waals surface area contributed by atoms with Gasteiger partial charge in [-0.1, -0.05) is 23.7 Å². The van der Waals surface area contributed by atoms with Crippen molar-refractivity contribution in [1.82, 2.24) is 4.90 Å². The molecule has 0 unspecified atom stereocenters. The monoisotopic (exact) mass is 426 g/mol. The average molecular weight is 427 g/mol. The molecule has 0 atom stereocenters. The third kappa shape index (κ3) is 6.27. The van der Waals surface area contributed by atoms with Crippen LogP contribution in [0.5, 0.6) is 0 Å². The standard InChI is InChI=1S/C18H19ClN2O4S2/c1-21(2)18(23)26-16-6-4-3-5-15(16)20-17(22)11-12-27(24,25)14-9-7-13(19)8-10-14/h3-10H,11-12H2,1-2H3,(H,20,22). The summed E-state index contributed by atoms with van der Waals surface area (Å²) in [4.78, 5) is 26.2. The van der Waals surface area contributed by atoms with E-state index in [0.29, 0.717) is 15.6 Å². The van der Waals surface area contributed by atoms with Crippen molar-refractivity contribution < 1.29 is 18.0 Å². The van der Waals surface area contributed by atoms with Crippen LogP contribution in [0.15, 0.2) is 58.3 Å². The van der Waals surface area contributed by atoms with E-state index in [1.54, 1.807) is 38.4 Å². The average Bonchev–Trinajstić information content (AvgIpc) is 2.62. The molecule has 0 aliphatic heterocycles. The second-order valence-electron chi connectivity index (χ2n) is 5.83. The predicted octanol–water partition coefficient (Wildman–Crippen LogP) is 3.92. The number of rotatable bonds is 6. The maximum Gasteiger partial charge on any atom is 0.286 e. The van der Waals surface area contributed by atoms with Crippen LogP contribution in [0.1, 0.15) is 6.42 Å². The summed E-state index contributed by atoms with van der Waals surface area (Å²) in [7, 11) is -0.316. The summed E-state index contributed by atoms with van der Waals surface area (Å²) < 4.78 is 24.6. The van der Waals surface area contributed by atoms with Gasteiger partial charge in [-0.2, -0.15) is 0 Å². The second kappa shape index (κ2) is 9.25. The lowest BCUT2D eigenvalue weighted by atomic mass is 10.3. The van der Waals surface area contributed by atoms with Crippen LogP contribution in [0.3, 0.4) is 0 Å². The van der Waals surface area contributed by atoms with Crippen molar-refractivity contribution in [3.8, 4) is 0 Å². The number of halogens is 1. The van der Waals surface area contributed by atoms with E-state index < -0.39 is 15.7 Å². The molecule has 0 radical (unpaired) electrons. The number of anilines is 1. The number of nitrogens with one attached hydrogen (secondary N) is 1. The number of amides is 2. The van der Waals surface area contributed by atoms with Crippen molar-refractivity contribution in [2.75, 3.05) is 25.2 Å². The van der Waals surface area contributed by atoms with Crippen LogP contribution in [0.25, 0.3) is 0 Å². The number of carbonyl (C=O) groups excluding carboxylic acids is 2. The molecular formula is C18H19ClN2O4S2. The van der Waals surface area contributed by atoms with E-state index in [0.717, 1.165) is 11.8 Å². The van der Waals surface area contributed by atoms with Gasteiger partial charge < -0.3 is 10.2 Å². The van der Waals surface area contributed by atoms with E-state index in [2.05, 4.69) is 5.32 Å². The lowest BCUT2D eigenvalue weighted by Gasteiger charge is -2.13. The van der Waals surface area contributed by atoms with Gasteiger partial charge in [-0.15, -0.1) is 0 Å². The van der Waals surface area contributed by atoms with Crippen molar-refractivity contribution in [2.45, 2.75) is 16.2 Å². The number of hydrogen-bond donors (Lipinski definition) is 1. The molecule has 2 aromatic rings. The van der Waals surface area contributed by atoms with Gasteiger partial charge in [0.05, 0.1) is 16.3 Å². The molecule has 0 saturated heterocycles. The van der Waals surface area contributed by atoms with E-state index in [9.17, 15) is 18.0 Å². The zero-order valence-corrected chi connectivity index (χ0v) is 17.2. The van der Waals surface area contributed by atoms with Crippen molar-refractivity contribution in [3.63, 3.8) is 0 Å². The number of nitrogens with zero attached hydrogens (tertiary/aromatic N) is 1. The SMILES string of the molecule is CN(C)C(=O)Sc1ccccc1NC(=O)CCS(=O)(=O)c1ccc(Cl)cc1. The minimum atomic E-state index is -3.59. The molecule has 6 nitrogen and oxygen atoms in total. The predicted molar refractivity (Wildman–Crippen MR) is 108 cm³/mol. The van der Waals surface area contributed by atoms with E-state index in [1.807, 2.05) is 0 Å². The molecule has 0 saturated carbocycles. The Kier molecular flexibility index (Phi) is 7.29. The third-order valence-electron chi connectivity index (χ3n) is 3.49. The van der Waals surface area contributed by atoms with Gasteiger partial charge in [0.1, 0.15) is 0 Å². The zero-order chi connectivity index (χ0) is 20.0. The topological polar surface area (TPSA) is 83.6 Å². The zero-order valence-electron chi connectivity index (χ0n) is 14.8. The Balaban J connectivity index is 2.02. The minimum absolute atomic E-state index is 0.118. The van der Waals surface area contributed by atoms with E-state index in [4.69, 9.17) is 11.6 Å². The fraction of sp³-hybridized carbons (Fsp3) is 0.222. The fourth-order valence-electron chi connectivity index (χ4n) is 2.04. The fourth-order valence-corrected chi connectivity index (χ4v) is 4.16. The van der Waals surface area contributed by atoms with Crippen LogP contribution >= 0.6 is 23.4 Å². The molecule has 1 N–H and O–H groups in total. The quantitative estimate of drug-likeness (QED) is 0.708. The summed E-state index contributed by atoms with van der Waals surface area (Å²) in [5, 5.41) is 2.93. The first-order chi connectivity index (χ1) is 12.7. The van der Waals surface area contributed by atoms with Crippen molar-refractivity contribution in [1.29, 1.82) is 0 Å². The van der Waals surface area contributed by atoms with Gasteiger partial charge in [0.2, 0.25) is 5.91 Å². The highest BCUT2D eigenvalue weighted by molar-refractivity contribution is 8.13. The Morgan fingerprint density at radius 1 is 1.07 bits per heavy atom. The van der Waals surface area contributed by atoms with Crippen LogP contribution in [0, 0.1) is 0 Å². The Hall–Kier alpha value is -2.03. The molecule has 0 aliphatic carbocycles. The number of carbonyl (C=O) groups is 2. The Bertz CT molecular complexity index is 929. The van der Waals surface area contributed by atoms with Crippen LogP contribution < -0.4 is 5.32 Å². The summed E-state index contributed by atoms with van der Waals surface area (Å²) >= 11 is 6.75. The number of benzene rings is 2. The highest BCUT2D eigenvalue weighted by Crippen LogP contribution is 2.28. The van der Waals surface area contributed by atoms with Gasteiger partial charge in [0.25, 0.3) is 5.24 Å². The summed E-state index contributed by atoms with van der Waals surface area (Å²) in [6.45, 7) is 0. The molecule has 0 heterocycles. The van der Waals surface area contributed by atoms with Gasteiger partial charge in [-0.3, -0.25) is 9.59 Å². The molecule has 27 heavy (non-hydrogen) atoms. The number of thioether (sulfide) groups is 1. The lowest BCUT2D eigenvalue weighted by molar-refractivity contribution is -0.115. The lowest BCUT2D eigenvalue weighted by Crippen LogP contribution is -2.19. The number of hydrogen-bond acceptors (Lipinski definition) is 5. The molecular weight excluding hydrogens is 408 g/mol. The van der Waals surface area contributed by atoms with Crippen LogP contribution in [-0.2, 0) is 14.6 Å². The van der Waals surface area contributed by atoms with Gasteiger partial charge >= 0.3 is 0 Å². The van der Waals surface area contributed by atoms with Crippen LogP contribution in [0.2, 0.25) is 5.02 Å². The first-order valence-electron chi connectivity index (χ1n) is 7.95. The second-order valence-corrected chi connectivity index (χ2v) is 9.37. The molecule has 9 heteroatoms. The maximum atomic E-state index is 12.3. The summed E-state index contributed by atoms with van der Waals surface area (Å²) in [6.07, 6.45) is -0.203. The number of para-hydroxylation sites is 1. The van der Waals surface area contributed by atoms with Crippen molar-refractivity contribution in [3.05, 3.63) is 53.6 Å². The Labute approximate surface area is 167 Å². The molecule has 0 aliphatic rings. The highest BCUT2D eigenvalue weighted by atomic mass is 35.5. The van der Waals surface area contributed by atoms with Gasteiger partial charge in [-0.25, -0.2) is 8.42 Å². The van der Waals surface area contributed by atoms with Crippen molar-refractivity contribution >= 4 is 50.0 Å². The Morgan fingerprint density at radius 3 is 2.33 bits per heavy atom. The third-order valence-corrected chi connectivity index (χ3v) is 6.59. The molecule has 0 bridgehead atoms. The largest absolute Gasteiger partial charge is 0.339 e. The van der Waals surface area contributed by atoms with Gasteiger partial charge in [0.15, 0.2) is 9.84 Å². The molecule has 0 fully saturated rings. The van der Waals surface area contributed by atoms with Crippen LogP contribution in [0.4, 0.5) is 10.5 Å². The van der Waals surface area contributed by atoms with Gasteiger partial charge in [0, 0.05) is 30.4 Å². The first kappa shape index (κ1) is 21.3. The minimum Gasteiger partial charge on any atom is -0.339 e. The van der Waals surface area contributed by atoms with Crippen molar-refractivity contribution in [2.24, 2.45) is 0 Å². The Morgan fingerprint density at radius 2 is 1.70 bits per heavy atom. The van der Waals surface area contributed by atoms with Gasteiger partial charge in [-0.05, 0) is 48.2 Å². The molecule has 0 spiro atoms. The summed E-state index contributed by atoms with van der Waals surface area (Å²) in [5.74, 6) is -0.773. The summed E-state index contributed by atoms with van der Waals surface area (Å²) in [5.41, 5.74) is 0.464. The highest BCUT2D eigenvalue weighted by Gasteiger charge is 2.18. The normalized spacial score (nSPS) is 11.1. The smallest absolute Gasteiger partial charge is 0.286 e. The maximum absolute atomic E-state index is 12.3. The summed E-state index contributed by atoms with van der Waals surface area (Å²) in [6, 6.07) is 12.7. The molecule has 0 aromatic heterocycles. The molecule has 2 aromatic carbocycles. The molecule has 144 valence electrons. The van der Waals surface area contributed by atoms with E-state index in [1.165, 1.54) is 29.2 Å².